The third-order valence-corrected chi connectivity index (χ3v) is 4.30. The Morgan fingerprint density at radius 2 is 1.56 bits per heavy atom. The van der Waals surface area contributed by atoms with Crippen LogP contribution in [0.3, 0.4) is 0 Å². The van der Waals surface area contributed by atoms with Gasteiger partial charge in [0.05, 0.1) is 0 Å². The van der Waals surface area contributed by atoms with Gasteiger partial charge in [0.25, 0.3) is 0 Å². The Labute approximate surface area is 149 Å². The summed E-state index contributed by atoms with van der Waals surface area (Å²) in [5, 5.41) is 2.68. The van der Waals surface area contributed by atoms with E-state index < -0.39 is 17.2 Å². The highest BCUT2D eigenvalue weighted by Crippen LogP contribution is 2.19. The van der Waals surface area contributed by atoms with Gasteiger partial charge in [-0.25, -0.2) is 0 Å². The van der Waals surface area contributed by atoms with Crippen molar-refractivity contribution < 1.29 is 14.4 Å². The van der Waals surface area contributed by atoms with Crippen molar-refractivity contribution in [2.45, 2.75) is 34.1 Å². The van der Waals surface area contributed by atoms with Gasteiger partial charge in [0, 0.05) is 37.3 Å². The van der Waals surface area contributed by atoms with E-state index in [9.17, 15) is 14.4 Å². The Morgan fingerprint density at radius 3 is 2.20 bits per heavy atom. The van der Waals surface area contributed by atoms with Crippen LogP contribution in [0.1, 0.15) is 32.8 Å². The molecule has 0 aromatic heterocycles. The number of benzene rings is 1. The molecule has 0 radical (unpaired) electrons. The van der Waals surface area contributed by atoms with Crippen LogP contribution in [0.5, 0.6) is 0 Å². The van der Waals surface area contributed by atoms with Crippen LogP contribution in [0.15, 0.2) is 24.3 Å². The number of amides is 3. The maximum Gasteiger partial charge on any atom is 0.313 e. The van der Waals surface area contributed by atoms with E-state index in [1.54, 1.807) is 11.0 Å². The lowest BCUT2D eigenvalue weighted by Crippen LogP contribution is -2.44. The Hall–Kier alpha value is -2.37. The topological polar surface area (TPSA) is 69.7 Å². The molecule has 1 fully saturated rings. The van der Waals surface area contributed by atoms with Crippen molar-refractivity contribution in [1.82, 2.24) is 9.80 Å². The summed E-state index contributed by atoms with van der Waals surface area (Å²) in [6.45, 7) is 9.47. The summed E-state index contributed by atoms with van der Waals surface area (Å²) in [5.74, 6) is -1.11. The van der Waals surface area contributed by atoms with E-state index in [2.05, 4.69) is 5.32 Å². The van der Waals surface area contributed by atoms with Gasteiger partial charge in [0.2, 0.25) is 5.91 Å². The Morgan fingerprint density at radius 1 is 0.960 bits per heavy atom. The van der Waals surface area contributed by atoms with Gasteiger partial charge >= 0.3 is 11.8 Å². The predicted molar refractivity (Wildman–Crippen MR) is 97.0 cm³/mol. The van der Waals surface area contributed by atoms with Crippen molar-refractivity contribution in [2.75, 3.05) is 31.5 Å². The van der Waals surface area contributed by atoms with Crippen LogP contribution in [0.25, 0.3) is 0 Å². The fourth-order valence-electron chi connectivity index (χ4n) is 2.83. The Kier molecular flexibility index (Phi) is 5.82. The molecule has 0 unspecified atom stereocenters. The van der Waals surface area contributed by atoms with Crippen molar-refractivity contribution in [3.8, 4) is 0 Å². The molecule has 25 heavy (non-hydrogen) atoms. The van der Waals surface area contributed by atoms with E-state index in [0.717, 1.165) is 5.56 Å². The minimum absolute atomic E-state index is 0.0751. The summed E-state index contributed by atoms with van der Waals surface area (Å²) in [4.78, 5) is 40.4. The van der Waals surface area contributed by atoms with Gasteiger partial charge in [-0.1, -0.05) is 39.0 Å². The molecule has 1 saturated heterocycles. The first-order chi connectivity index (χ1) is 11.7. The second kappa shape index (κ2) is 7.68. The largest absolute Gasteiger partial charge is 0.340 e. The second-order valence-electron chi connectivity index (χ2n) is 7.46. The standard InChI is InChI=1S/C19H27N3O3/c1-14-8-5-6-9-15(14)20-16(23)17(24)21-10-7-11-22(13-12-21)18(25)19(2,3)4/h5-6,8-9H,7,10-13H2,1-4H3,(H,20,23). The van der Waals surface area contributed by atoms with Gasteiger partial charge in [-0.15, -0.1) is 0 Å². The van der Waals surface area contributed by atoms with E-state index in [4.69, 9.17) is 0 Å². The van der Waals surface area contributed by atoms with Crippen LogP contribution in [0, 0.1) is 12.3 Å². The molecular weight excluding hydrogens is 318 g/mol. The molecule has 3 amide bonds. The van der Waals surface area contributed by atoms with Gasteiger partial charge in [-0.2, -0.15) is 0 Å². The first-order valence-electron chi connectivity index (χ1n) is 8.65. The minimum atomic E-state index is -0.634. The Bertz CT molecular complexity index is 664. The molecule has 1 aromatic carbocycles. The highest BCUT2D eigenvalue weighted by molar-refractivity contribution is 6.39. The van der Waals surface area contributed by atoms with Gasteiger partial charge in [0.15, 0.2) is 0 Å². The highest BCUT2D eigenvalue weighted by Gasteiger charge is 2.30. The first kappa shape index (κ1) is 19.0. The van der Waals surface area contributed by atoms with Crippen LogP contribution in [-0.4, -0.2) is 53.7 Å². The molecule has 0 saturated carbocycles. The summed E-state index contributed by atoms with van der Waals surface area (Å²) in [5.41, 5.74) is 1.10. The minimum Gasteiger partial charge on any atom is -0.340 e. The average molecular weight is 345 g/mol. The van der Waals surface area contributed by atoms with Crippen molar-refractivity contribution in [3.05, 3.63) is 29.8 Å². The number of carbonyl (C=O) groups excluding carboxylic acids is 3. The smallest absolute Gasteiger partial charge is 0.313 e. The zero-order valence-corrected chi connectivity index (χ0v) is 15.5. The molecule has 6 nitrogen and oxygen atoms in total. The molecule has 6 heteroatoms. The molecule has 1 aromatic rings. The van der Waals surface area contributed by atoms with E-state index in [0.29, 0.717) is 38.3 Å². The molecule has 0 atom stereocenters. The third-order valence-electron chi connectivity index (χ3n) is 4.30. The van der Waals surface area contributed by atoms with Crippen molar-refractivity contribution in [3.63, 3.8) is 0 Å². The lowest BCUT2D eigenvalue weighted by molar-refractivity contribution is -0.143. The van der Waals surface area contributed by atoms with Gasteiger partial charge in [-0.3, -0.25) is 14.4 Å². The molecule has 0 bridgehead atoms. The number of aryl methyl sites for hydroxylation is 1. The van der Waals surface area contributed by atoms with Crippen molar-refractivity contribution >= 4 is 23.4 Å². The van der Waals surface area contributed by atoms with E-state index in [1.165, 1.54) is 4.90 Å². The number of nitrogens with zero attached hydrogens (tertiary/aromatic N) is 2. The summed E-state index contributed by atoms with van der Waals surface area (Å²) >= 11 is 0. The van der Waals surface area contributed by atoms with Crippen molar-refractivity contribution in [2.24, 2.45) is 5.41 Å². The summed E-state index contributed by atoms with van der Waals surface area (Å²) < 4.78 is 0. The maximum atomic E-state index is 12.5. The van der Waals surface area contributed by atoms with Crippen LogP contribution >= 0.6 is 0 Å². The zero-order chi connectivity index (χ0) is 18.6. The molecule has 2 rings (SSSR count). The molecule has 1 aliphatic rings. The normalized spacial score (nSPS) is 15.5. The average Bonchev–Trinajstić information content (AvgIpc) is 2.80. The number of rotatable bonds is 1. The number of nitrogens with one attached hydrogen (secondary N) is 1. The van der Waals surface area contributed by atoms with E-state index in [-0.39, 0.29) is 5.91 Å². The monoisotopic (exact) mass is 345 g/mol. The summed E-state index contributed by atoms with van der Waals surface area (Å²) in [7, 11) is 0. The van der Waals surface area contributed by atoms with E-state index >= 15 is 0 Å². The van der Waals surface area contributed by atoms with Gasteiger partial charge < -0.3 is 15.1 Å². The lowest BCUT2D eigenvalue weighted by atomic mass is 9.94. The fourth-order valence-corrected chi connectivity index (χ4v) is 2.83. The molecule has 136 valence electrons. The number of carbonyl (C=O) groups is 3. The molecule has 1 aliphatic heterocycles. The third kappa shape index (κ3) is 4.81. The van der Waals surface area contributed by atoms with Crippen LogP contribution in [0.4, 0.5) is 5.69 Å². The van der Waals surface area contributed by atoms with Gasteiger partial charge in [-0.05, 0) is 25.0 Å². The van der Waals surface area contributed by atoms with Crippen LogP contribution in [-0.2, 0) is 14.4 Å². The molecule has 1 N–H and O–H groups in total. The van der Waals surface area contributed by atoms with Gasteiger partial charge in [0.1, 0.15) is 0 Å². The van der Waals surface area contributed by atoms with Crippen LogP contribution < -0.4 is 5.32 Å². The van der Waals surface area contributed by atoms with Crippen LogP contribution in [0.2, 0.25) is 0 Å². The number of anilines is 1. The quantitative estimate of drug-likeness (QED) is 0.792. The molecule has 1 heterocycles. The number of hydrogen-bond acceptors (Lipinski definition) is 3. The fraction of sp³-hybridized carbons (Fsp3) is 0.526. The summed E-state index contributed by atoms with van der Waals surface area (Å²) in [6.07, 6.45) is 0.672. The maximum absolute atomic E-state index is 12.5. The SMILES string of the molecule is Cc1ccccc1NC(=O)C(=O)N1CCCN(C(=O)C(C)(C)C)CC1. The zero-order valence-electron chi connectivity index (χ0n) is 15.5. The molecule has 0 spiro atoms. The molecule has 0 aliphatic carbocycles. The number of para-hydroxylation sites is 1. The summed E-state index contributed by atoms with van der Waals surface area (Å²) in [6, 6.07) is 7.34. The first-order valence-corrected chi connectivity index (χ1v) is 8.65. The van der Waals surface area contributed by atoms with Crippen molar-refractivity contribution in [1.29, 1.82) is 0 Å². The predicted octanol–water partition coefficient (Wildman–Crippen LogP) is 2.04. The second-order valence-corrected chi connectivity index (χ2v) is 7.46. The van der Waals surface area contributed by atoms with E-state index in [1.807, 2.05) is 45.9 Å². The lowest BCUT2D eigenvalue weighted by Gasteiger charge is -2.28. The number of hydrogen-bond donors (Lipinski definition) is 1. The molecular formula is C19H27N3O3. The highest BCUT2D eigenvalue weighted by atomic mass is 16.2. The Balaban J connectivity index is 1.97.